The summed E-state index contributed by atoms with van der Waals surface area (Å²) in [4.78, 5) is 29.9. The molecule has 2 saturated heterocycles. The van der Waals surface area contributed by atoms with Crippen molar-refractivity contribution in [2.75, 3.05) is 26.2 Å². The number of amides is 2. The van der Waals surface area contributed by atoms with Crippen molar-refractivity contribution in [3.63, 3.8) is 0 Å². The fourth-order valence-electron chi connectivity index (χ4n) is 4.73. The third-order valence-corrected chi connectivity index (χ3v) is 6.79. The molecule has 4 rings (SSSR count). The molecule has 1 atom stereocenters. The van der Waals surface area contributed by atoms with Gasteiger partial charge in [-0.15, -0.1) is 0 Å². The van der Waals surface area contributed by atoms with Gasteiger partial charge in [-0.2, -0.15) is 0 Å². The van der Waals surface area contributed by atoms with Gasteiger partial charge in [0.2, 0.25) is 5.91 Å². The minimum atomic E-state index is -0.101. The third-order valence-electron chi connectivity index (χ3n) is 6.46. The van der Waals surface area contributed by atoms with Gasteiger partial charge in [-0.1, -0.05) is 54.1 Å². The normalized spacial score (nSPS) is 20.2. The van der Waals surface area contributed by atoms with Gasteiger partial charge >= 0.3 is 0 Å². The number of hydrogen-bond donors (Lipinski definition) is 0. The smallest absolute Gasteiger partial charge is 0.255 e. The first-order valence-electron chi connectivity index (χ1n) is 11.0. The summed E-state index contributed by atoms with van der Waals surface area (Å²) in [5.41, 5.74) is 1.90. The second kappa shape index (κ2) is 9.65. The van der Waals surface area contributed by atoms with E-state index >= 15 is 0 Å². The number of nitrogens with zero attached hydrogens (tertiary/aromatic N) is 2. The van der Waals surface area contributed by atoms with Crippen molar-refractivity contribution in [2.24, 2.45) is 11.8 Å². The monoisotopic (exact) mass is 424 g/mol. The molecule has 0 radical (unpaired) electrons. The van der Waals surface area contributed by atoms with Crippen LogP contribution in [-0.4, -0.2) is 47.8 Å². The molecule has 2 aromatic carbocycles. The Morgan fingerprint density at radius 3 is 2.30 bits per heavy atom. The van der Waals surface area contributed by atoms with Crippen LogP contribution in [0.4, 0.5) is 0 Å². The number of carbonyl (C=O) groups is 2. The van der Waals surface area contributed by atoms with Crippen molar-refractivity contribution < 1.29 is 9.59 Å². The van der Waals surface area contributed by atoms with Crippen LogP contribution in [0, 0.1) is 11.8 Å². The van der Waals surface area contributed by atoms with E-state index in [2.05, 4.69) is 30.3 Å². The number of hydrogen-bond acceptors (Lipinski definition) is 2. The maximum atomic E-state index is 13.2. The third kappa shape index (κ3) is 4.86. The van der Waals surface area contributed by atoms with Gasteiger partial charge in [-0.05, 0) is 55.7 Å². The quantitative estimate of drug-likeness (QED) is 0.715. The summed E-state index contributed by atoms with van der Waals surface area (Å²) in [6.07, 6.45) is 4.91. The summed E-state index contributed by atoms with van der Waals surface area (Å²) >= 11 is 6.21. The molecule has 5 heteroatoms. The molecule has 30 heavy (non-hydrogen) atoms. The Hall–Kier alpha value is -2.33. The lowest BCUT2D eigenvalue weighted by Gasteiger charge is -2.38. The average Bonchev–Trinajstić information content (AvgIpc) is 2.80. The zero-order valence-electron chi connectivity index (χ0n) is 17.3. The molecule has 0 aromatic heterocycles. The number of piperidine rings is 2. The lowest BCUT2D eigenvalue weighted by Crippen LogP contribution is -2.48. The molecule has 158 valence electrons. The van der Waals surface area contributed by atoms with E-state index in [1.54, 1.807) is 17.0 Å². The number of likely N-dealkylation sites (tertiary alicyclic amines) is 2. The van der Waals surface area contributed by atoms with E-state index in [0.29, 0.717) is 29.6 Å². The van der Waals surface area contributed by atoms with Gasteiger partial charge in [-0.3, -0.25) is 9.59 Å². The van der Waals surface area contributed by atoms with E-state index in [1.807, 2.05) is 17.0 Å². The standard InChI is InChI=1S/C25H29ClN2O2/c26-23-11-5-4-10-22(23)25(30)28-14-6-9-21(18-28)24(29)27-15-12-20(13-16-27)17-19-7-2-1-3-8-19/h1-5,7-8,10-11,20-21H,6,9,12-18H2/t21-/m1/s1. The largest absolute Gasteiger partial charge is 0.342 e. The van der Waals surface area contributed by atoms with Gasteiger partial charge in [0.05, 0.1) is 16.5 Å². The highest BCUT2D eigenvalue weighted by Gasteiger charge is 2.33. The highest BCUT2D eigenvalue weighted by molar-refractivity contribution is 6.33. The van der Waals surface area contributed by atoms with Crippen molar-refractivity contribution in [1.82, 2.24) is 9.80 Å². The van der Waals surface area contributed by atoms with Crippen LogP contribution >= 0.6 is 11.6 Å². The molecule has 0 saturated carbocycles. The van der Waals surface area contributed by atoms with Crippen molar-refractivity contribution in [3.8, 4) is 0 Å². The van der Waals surface area contributed by atoms with Gasteiger partial charge < -0.3 is 9.80 Å². The Balaban J connectivity index is 1.31. The molecule has 2 aliphatic rings. The molecule has 0 spiro atoms. The van der Waals surface area contributed by atoms with Crippen LogP contribution in [0.5, 0.6) is 0 Å². The zero-order valence-corrected chi connectivity index (χ0v) is 18.1. The maximum Gasteiger partial charge on any atom is 0.255 e. The average molecular weight is 425 g/mol. The van der Waals surface area contributed by atoms with Crippen LogP contribution in [0.1, 0.15) is 41.6 Å². The topological polar surface area (TPSA) is 40.6 Å². The predicted octanol–water partition coefficient (Wildman–Crippen LogP) is 4.67. The molecule has 0 aliphatic carbocycles. The van der Waals surface area contributed by atoms with Crippen LogP contribution in [0.15, 0.2) is 54.6 Å². The van der Waals surface area contributed by atoms with Crippen molar-refractivity contribution in [2.45, 2.75) is 32.1 Å². The van der Waals surface area contributed by atoms with Crippen molar-refractivity contribution in [1.29, 1.82) is 0 Å². The number of halogens is 1. The van der Waals surface area contributed by atoms with Crippen molar-refractivity contribution >= 4 is 23.4 Å². The van der Waals surface area contributed by atoms with Crippen LogP contribution < -0.4 is 0 Å². The van der Waals surface area contributed by atoms with Crippen LogP contribution in [0.3, 0.4) is 0 Å². The Kier molecular flexibility index (Phi) is 6.73. The Labute approximate surface area is 183 Å². The molecule has 4 nitrogen and oxygen atoms in total. The van der Waals surface area contributed by atoms with E-state index in [-0.39, 0.29) is 17.7 Å². The molecular weight excluding hydrogens is 396 g/mol. The van der Waals surface area contributed by atoms with E-state index in [1.165, 1.54) is 5.56 Å². The first kappa shape index (κ1) is 20.9. The number of rotatable bonds is 4. The molecule has 0 N–H and O–H groups in total. The second-order valence-electron chi connectivity index (χ2n) is 8.53. The Morgan fingerprint density at radius 1 is 0.867 bits per heavy atom. The molecule has 2 heterocycles. The van der Waals surface area contributed by atoms with Crippen LogP contribution in [0.2, 0.25) is 5.02 Å². The number of benzene rings is 2. The maximum absolute atomic E-state index is 13.2. The number of carbonyl (C=O) groups excluding carboxylic acids is 2. The fraction of sp³-hybridized carbons (Fsp3) is 0.440. The summed E-state index contributed by atoms with van der Waals surface area (Å²) in [6, 6.07) is 17.7. The van der Waals surface area contributed by atoms with Crippen LogP contribution in [0.25, 0.3) is 0 Å². The molecule has 2 aliphatic heterocycles. The van der Waals surface area contributed by atoms with E-state index in [9.17, 15) is 9.59 Å². The van der Waals surface area contributed by atoms with Crippen LogP contribution in [-0.2, 0) is 11.2 Å². The van der Waals surface area contributed by atoms with E-state index < -0.39 is 0 Å². The first-order valence-corrected chi connectivity index (χ1v) is 11.4. The summed E-state index contributed by atoms with van der Waals surface area (Å²) in [6.45, 7) is 2.83. The highest BCUT2D eigenvalue weighted by atomic mass is 35.5. The van der Waals surface area contributed by atoms with Gasteiger partial charge in [0.1, 0.15) is 0 Å². The minimum absolute atomic E-state index is 0.0698. The Morgan fingerprint density at radius 2 is 1.57 bits per heavy atom. The summed E-state index contributed by atoms with van der Waals surface area (Å²) in [7, 11) is 0. The van der Waals surface area contributed by atoms with E-state index in [0.717, 1.165) is 45.2 Å². The van der Waals surface area contributed by atoms with Gasteiger partial charge in [-0.25, -0.2) is 0 Å². The van der Waals surface area contributed by atoms with Gasteiger partial charge in [0, 0.05) is 26.2 Å². The zero-order chi connectivity index (χ0) is 20.9. The molecule has 2 aromatic rings. The predicted molar refractivity (Wildman–Crippen MR) is 120 cm³/mol. The first-order chi connectivity index (χ1) is 14.6. The lowest BCUT2D eigenvalue weighted by molar-refractivity contribution is -0.138. The van der Waals surface area contributed by atoms with E-state index in [4.69, 9.17) is 11.6 Å². The molecule has 0 unspecified atom stereocenters. The highest BCUT2D eigenvalue weighted by Crippen LogP contribution is 2.27. The van der Waals surface area contributed by atoms with Gasteiger partial charge in [0.25, 0.3) is 5.91 Å². The second-order valence-corrected chi connectivity index (χ2v) is 8.94. The van der Waals surface area contributed by atoms with Crippen molar-refractivity contribution in [3.05, 3.63) is 70.7 Å². The minimum Gasteiger partial charge on any atom is -0.342 e. The molecule has 2 amide bonds. The Bertz CT molecular complexity index is 878. The molecule has 0 bridgehead atoms. The molecular formula is C25H29ClN2O2. The summed E-state index contributed by atoms with van der Waals surface area (Å²) < 4.78 is 0. The SMILES string of the molecule is O=C(c1ccccc1Cl)N1CCC[C@@H](C(=O)N2CCC(Cc3ccccc3)CC2)C1. The summed E-state index contributed by atoms with van der Waals surface area (Å²) in [5.74, 6) is 0.682. The van der Waals surface area contributed by atoms with Gasteiger partial charge in [0.15, 0.2) is 0 Å². The lowest BCUT2D eigenvalue weighted by atomic mass is 9.89. The summed E-state index contributed by atoms with van der Waals surface area (Å²) in [5, 5.41) is 0.469. The molecule has 2 fully saturated rings. The fourth-order valence-corrected chi connectivity index (χ4v) is 4.95.